The zero-order valence-electron chi connectivity index (χ0n) is 28.5. The van der Waals surface area contributed by atoms with E-state index in [-0.39, 0.29) is 0 Å². The van der Waals surface area contributed by atoms with Gasteiger partial charge in [-0.15, -0.1) is 0 Å². The van der Waals surface area contributed by atoms with Gasteiger partial charge in [-0.05, 0) is 81.9 Å². The maximum Gasteiger partial charge on any atom is 0.203 e. The molecule has 0 fully saturated rings. The number of hydrogen-bond acceptors (Lipinski definition) is 5. The average molecular weight is 676 g/mol. The normalized spacial score (nSPS) is 15.1. The Morgan fingerprint density at radius 2 is 0.981 bits per heavy atom. The molecule has 7 aromatic carbocycles. The van der Waals surface area contributed by atoms with E-state index in [1.54, 1.807) is 0 Å². The molecule has 0 N–H and O–H groups in total. The fourth-order valence-corrected chi connectivity index (χ4v) is 8.68. The van der Waals surface area contributed by atoms with E-state index in [2.05, 4.69) is 150 Å². The van der Waals surface area contributed by atoms with Crippen molar-refractivity contribution in [3.8, 4) is 23.3 Å². The molecule has 246 valence electrons. The first-order valence-electron chi connectivity index (χ1n) is 17.6. The highest BCUT2D eigenvalue weighted by Gasteiger charge is 2.47. The van der Waals surface area contributed by atoms with Crippen molar-refractivity contribution in [2.75, 3.05) is 4.90 Å². The quantitative estimate of drug-likeness (QED) is 0.186. The molecule has 0 saturated heterocycles. The van der Waals surface area contributed by atoms with E-state index >= 15 is 0 Å². The summed E-state index contributed by atoms with van der Waals surface area (Å²) in [6.45, 7) is 0. The molecule has 0 saturated carbocycles. The van der Waals surface area contributed by atoms with Gasteiger partial charge in [0.25, 0.3) is 0 Å². The van der Waals surface area contributed by atoms with Crippen LogP contribution in [0.15, 0.2) is 180 Å². The minimum Gasteiger partial charge on any atom is -0.310 e. The van der Waals surface area contributed by atoms with Crippen LogP contribution >= 0.6 is 0 Å². The zero-order valence-corrected chi connectivity index (χ0v) is 28.5. The van der Waals surface area contributed by atoms with Gasteiger partial charge in [0, 0.05) is 22.4 Å². The molecular weight excluding hydrogens is 647 g/mol. The van der Waals surface area contributed by atoms with E-state index in [1.165, 1.54) is 22.3 Å². The van der Waals surface area contributed by atoms with Crippen molar-refractivity contribution in [1.29, 1.82) is 10.5 Å². The molecule has 7 aromatic rings. The highest BCUT2D eigenvalue weighted by molar-refractivity contribution is 6.39. The second-order valence-electron chi connectivity index (χ2n) is 13.6. The lowest BCUT2D eigenvalue weighted by atomic mass is 9.62. The highest BCUT2D eigenvalue weighted by atomic mass is 15.2. The predicted octanol–water partition coefficient (Wildman–Crippen LogP) is 10.4. The van der Waals surface area contributed by atoms with Crippen LogP contribution < -0.4 is 4.90 Å². The summed E-state index contributed by atoms with van der Waals surface area (Å²) in [6.07, 6.45) is 1.82. The summed E-state index contributed by atoms with van der Waals surface area (Å²) in [5.41, 5.74) is 13.0. The molecule has 5 nitrogen and oxygen atoms in total. The van der Waals surface area contributed by atoms with Gasteiger partial charge in [-0.2, -0.15) is 10.5 Å². The van der Waals surface area contributed by atoms with Crippen LogP contribution in [0, 0.1) is 22.7 Å². The number of hydrogen-bond donors (Lipinski definition) is 0. The lowest BCUT2D eigenvalue weighted by Gasteiger charge is -2.46. The Morgan fingerprint density at radius 3 is 1.49 bits per heavy atom. The maximum atomic E-state index is 9.76. The second kappa shape index (κ2) is 11.6. The van der Waals surface area contributed by atoms with Gasteiger partial charge in [0.05, 0.1) is 52.0 Å². The van der Waals surface area contributed by atoms with E-state index in [0.717, 1.165) is 50.6 Å². The monoisotopic (exact) mass is 675 g/mol. The maximum absolute atomic E-state index is 9.76. The summed E-state index contributed by atoms with van der Waals surface area (Å²) in [5, 5.41) is 19.5. The van der Waals surface area contributed by atoms with E-state index in [4.69, 9.17) is 9.98 Å². The molecule has 0 amide bonds. The fourth-order valence-electron chi connectivity index (χ4n) is 8.68. The van der Waals surface area contributed by atoms with Crippen molar-refractivity contribution in [3.05, 3.63) is 220 Å². The van der Waals surface area contributed by atoms with E-state index < -0.39 is 11.1 Å². The van der Waals surface area contributed by atoms with E-state index in [9.17, 15) is 10.5 Å². The van der Waals surface area contributed by atoms with Gasteiger partial charge in [0.2, 0.25) is 5.66 Å². The summed E-state index contributed by atoms with van der Waals surface area (Å²) in [6, 6.07) is 63.5. The lowest BCUT2D eigenvalue weighted by molar-refractivity contribution is 0.607. The topological polar surface area (TPSA) is 75.5 Å². The average Bonchev–Trinajstić information content (AvgIpc) is 3.80. The predicted molar refractivity (Wildman–Crippen MR) is 210 cm³/mol. The molecule has 10 rings (SSSR count). The molecule has 3 aliphatic rings. The Balaban J connectivity index is 1.11. The van der Waals surface area contributed by atoms with Gasteiger partial charge >= 0.3 is 0 Å². The highest BCUT2D eigenvalue weighted by Crippen LogP contribution is 2.58. The van der Waals surface area contributed by atoms with Gasteiger partial charge < -0.3 is 4.90 Å². The first-order valence-corrected chi connectivity index (χ1v) is 17.6. The smallest absolute Gasteiger partial charge is 0.203 e. The molecule has 0 atom stereocenters. The first kappa shape index (κ1) is 30.5. The van der Waals surface area contributed by atoms with Crippen LogP contribution in [-0.2, 0) is 11.1 Å². The molecule has 1 spiro atoms. The van der Waals surface area contributed by atoms with Crippen LogP contribution in [0.25, 0.3) is 11.1 Å². The van der Waals surface area contributed by atoms with Crippen molar-refractivity contribution in [2.45, 2.75) is 11.1 Å². The molecule has 0 unspecified atom stereocenters. The minimum atomic E-state index is -1.05. The van der Waals surface area contributed by atoms with Gasteiger partial charge in [-0.25, -0.2) is 4.99 Å². The van der Waals surface area contributed by atoms with E-state index in [1.807, 2.05) is 42.6 Å². The van der Waals surface area contributed by atoms with Crippen molar-refractivity contribution in [2.24, 2.45) is 9.98 Å². The zero-order chi connectivity index (χ0) is 35.6. The molecule has 1 aliphatic carbocycles. The number of para-hydroxylation sites is 2. The number of benzene rings is 7. The molecule has 2 heterocycles. The third-order valence-corrected chi connectivity index (χ3v) is 10.9. The molecule has 53 heavy (non-hydrogen) atoms. The van der Waals surface area contributed by atoms with Crippen molar-refractivity contribution in [1.82, 2.24) is 0 Å². The Hall–Kier alpha value is -7.34. The minimum absolute atomic E-state index is 0.528. The van der Waals surface area contributed by atoms with Crippen molar-refractivity contribution in [3.63, 3.8) is 0 Å². The summed E-state index contributed by atoms with van der Waals surface area (Å²) < 4.78 is 0. The largest absolute Gasteiger partial charge is 0.310 e. The standard InChI is InChI=1S/C48H29N5/c49-29-32-19-25-38-39-26-20-33(30-50)28-43(39)48(42(38)27-32)51-31-44(52-48)34-21-23-37(24-22-34)53-45-17-9-7-15-40(45)47(35-11-3-1-4-12-35,36-13-5-2-6-14-36)41-16-8-10-18-46(41)53/h1-28,31H. The third kappa shape index (κ3) is 4.29. The van der Waals surface area contributed by atoms with Crippen LogP contribution in [0.4, 0.5) is 17.1 Å². The first-order chi connectivity index (χ1) is 26.2. The summed E-state index contributed by atoms with van der Waals surface area (Å²) in [7, 11) is 0. The summed E-state index contributed by atoms with van der Waals surface area (Å²) in [4.78, 5) is 12.7. The van der Waals surface area contributed by atoms with Gasteiger partial charge in [-0.3, -0.25) is 4.99 Å². The number of anilines is 3. The number of rotatable bonds is 4. The second-order valence-corrected chi connectivity index (χ2v) is 13.6. The molecular formula is C48H29N5. The number of nitrogens with zero attached hydrogens (tertiary/aromatic N) is 5. The van der Waals surface area contributed by atoms with Crippen LogP contribution in [0.3, 0.4) is 0 Å². The van der Waals surface area contributed by atoms with Crippen molar-refractivity contribution < 1.29 is 0 Å². The van der Waals surface area contributed by atoms with Crippen LogP contribution in [0.2, 0.25) is 0 Å². The van der Waals surface area contributed by atoms with Gasteiger partial charge in [-0.1, -0.05) is 121 Å². The third-order valence-electron chi connectivity index (χ3n) is 10.9. The number of fused-ring (bicyclic) bond motifs is 7. The Kier molecular flexibility index (Phi) is 6.67. The Bertz CT molecular complexity index is 2600. The molecule has 2 aliphatic heterocycles. The van der Waals surface area contributed by atoms with Crippen LogP contribution in [0.1, 0.15) is 50.1 Å². The Labute approximate surface area is 307 Å². The summed E-state index contributed by atoms with van der Waals surface area (Å²) >= 11 is 0. The summed E-state index contributed by atoms with van der Waals surface area (Å²) in [5.74, 6) is 0. The van der Waals surface area contributed by atoms with Crippen LogP contribution in [0.5, 0.6) is 0 Å². The molecule has 0 bridgehead atoms. The number of aliphatic imine (C=N–C) groups is 2. The fraction of sp³-hybridized carbons (Fsp3) is 0.0417. The Morgan fingerprint density at radius 1 is 0.491 bits per heavy atom. The van der Waals surface area contributed by atoms with Gasteiger partial charge in [0.15, 0.2) is 0 Å². The molecule has 0 aromatic heterocycles. The van der Waals surface area contributed by atoms with Gasteiger partial charge in [0.1, 0.15) is 0 Å². The van der Waals surface area contributed by atoms with Crippen molar-refractivity contribution >= 4 is 29.0 Å². The number of nitriles is 2. The molecule has 5 heteroatoms. The SMILES string of the molecule is N#Cc1ccc2c(c1)C1(N=CC(c3ccc(N4c5ccccc5C(c5ccccc5)(c5ccccc5)c5ccccc54)cc3)=N1)c1cc(C#N)ccc1-2. The molecule has 0 radical (unpaired) electrons. The van der Waals surface area contributed by atoms with Crippen LogP contribution in [-0.4, -0.2) is 11.9 Å². The van der Waals surface area contributed by atoms with E-state index in [0.29, 0.717) is 11.1 Å². The lowest BCUT2D eigenvalue weighted by Crippen LogP contribution is -2.37.